The number of anilines is 3. The average Bonchev–Trinajstić information content (AvgIpc) is 3.68. The molecule has 3 nitrogen and oxygen atoms in total. The molecule has 5 aromatic carbocycles. The molecule has 0 aliphatic rings. The van der Waals surface area contributed by atoms with Crippen molar-refractivity contribution in [3.63, 3.8) is 0 Å². The van der Waals surface area contributed by atoms with Gasteiger partial charge in [-0.1, -0.05) is 54.6 Å². The van der Waals surface area contributed by atoms with Crippen LogP contribution in [0.5, 0.6) is 0 Å². The monoisotopic (exact) mass is 669 g/mol. The third-order valence-corrected chi connectivity index (χ3v) is 12.3. The molecule has 0 amide bonds. The minimum absolute atomic E-state index is 1.14. The normalized spacial score (nSPS) is 11.7. The van der Waals surface area contributed by atoms with Gasteiger partial charge >= 0.3 is 0 Å². The molecular weight excluding hydrogens is 635 g/mol. The molecular formula is C44H35N3S2+2. The van der Waals surface area contributed by atoms with Gasteiger partial charge in [0, 0.05) is 70.3 Å². The zero-order chi connectivity index (χ0) is 33.2. The summed E-state index contributed by atoms with van der Waals surface area (Å²) in [6, 6.07) is 46.5. The SMILES string of the molecule is Cc1c(N(c2ccccc2)c2cc3c(sc4ccccc43)c(-c3cccc[n+]3C)c2C)cc2c(sc3ccccc32)c1-c1cccc[n+]1C. The van der Waals surface area contributed by atoms with E-state index in [2.05, 4.69) is 182 Å². The number of thiophene rings is 2. The first-order valence-corrected chi connectivity index (χ1v) is 18.3. The molecule has 0 fully saturated rings. The third kappa shape index (κ3) is 4.68. The van der Waals surface area contributed by atoms with Crippen molar-refractivity contribution in [2.75, 3.05) is 4.90 Å². The van der Waals surface area contributed by atoms with Crippen LogP contribution in [0.2, 0.25) is 0 Å². The Morgan fingerprint density at radius 1 is 0.469 bits per heavy atom. The number of benzene rings is 5. The van der Waals surface area contributed by atoms with Crippen LogP contribution >= 0.6 is 22.7 Å². The number of aryl methyl sites for hydroxylation is 2. The maximum absolute atomic E-state index is 2.52. The molecule has 9 aromatic rings. The van der Waals surface area contributed by atoms with Crippen LogP contribution in [0.4, 0.5) is 17.1 Å². The fourth-order valence-corrected chi connectivity index (χ4v) is 10.1. The van der Waals surface area contributed by atoms with Crippen molar-refractivity contribution in [2.45, 2.75) is 13.8 Å². The van der Waals surface area contributed by atoms with Gasteiger partial charge in [0.15, 0.2) is 12.4 Å². The Hall–Kier alpha value is -5.36. The first-order chi connectivity index (χ1) is 24.0. The van der Waals surface area contributed by atoms with Crippen LogP contribution in [-0.4, -0.2) is 0 Å². The standard InChI is InChI=1S/C44H35N3S2/c1-28-37(26-33-31-18-8-10-22-39(31)48-43(33)41(28)35-20-12-14-24-45(35)3)47(30-16-6-5-7-17-30)38-27-34-32-19-9-11-23-40(32)49-44(34)42(29(38)2)36-21-13-15-25-46(36)4/h5-27H,1-4H3/q+2. The Balaban J connectivity index is 1.45. The number of para-hydroxylation sites is 1. The van der Waals surface area contributed by atoms with Crippen molar-refractivity contribution in [3.8, 4) is 22.5 Å². The van der Waals surface area contributed by atoms with Crippen LogP contribution in [-0.2, 0) is 14.1 Å². The molecule has 5 heteroatoms. The zero-order valence-electron chi connectivity index (χ0n) is 27.9. The van der Waals surface area contributed by atoms with Gasteiger partial charge in [0.2, 0.25) is 11.4 Å². The lowest BCUT2D eigenvalue weighted by Crippen LogP contribution is -2.30. The minimum atomic E-state index is 1.14. The number of aromatic nitrogens is 2. The molecule has 0 spiro atoms. The molecule has 4 aromatic heterocycles. The largest absolute Gasteiger partial charge is 0.310 e. The first kappa shape index (κ1) is 29.8. The van der Waals surface area contributed by atoms with E-state index in [0.29, 0.717) is 0 Å². The Labute approximate surface area is 294 Å². The lowest BCUT2D eigenvalue weighted by molar-refractivity contribution is -0.660. The lowest BCUT2D eigenvalue weighted by atomic mass is 9.95. The Morgan fingerprint density at radius 2 is 0.898 bits per heavy atom. The molecule has 4 heterocycles. The highest BCUT2D eigenvalue weighted by Crippen LogP contribution is 2.51. The molecule has 49 heavy (non-hydrogen) atoms. The van der Waals surface area contributed by atoms with Crippen LogP contribution < -0.4 is 14.0 Å². The van der Waals surface area contributed by atoms with Crippen molar-refractivity contribution < 1.29 is 9.13 Å². The number of rotatable bonds is 5. The maximum Gasteiger partial charge on any atom is 0.214 e. The van der Waals surface area contributed by atoms with Gasteiger partial charge in [-0.05, 0) is 73.5 Å². The smallest absolute Gasteiger partial charge is 0.214 e. The lowest BCUT2D eigenvalue weighted by Gasteiger charge is -2.30. The third-order valence-electron chi connectivity index (χ3n) is 9.92. The summed E-state index contributed by atoms with van der Waals surface area (Å²) in [6.07, 6.45) is 4.31. The van der Waals surface area contributed by atoms with Gasteiger partial charge in [0.1, 0.15) is 14.1 Å². The van der Waals surface area contributed by atoms with E-state index >= 15 is 0 Å². The number of hydrogen-bond acceptors (Lipinski definition) is 3. The summed E-state index contributed by atoms with van der Waals surface area (Å²) in [5.41, 5.74) is 11.0. The summed E-state index contributed by atoms with van der Waals surface area (Å²) >= 11 is 3.79. The summed E-state index contributed by atoms with van der Waals surface area (Å²) in [6.45, 7) is 4.62. The van der Waals surface area contributed by atoms with Crippen molar-refractivity contribution in [2.24, 2.45) is 14.1 Å². The highest BCUT2D eigenvalue weighted by molar-refractivity contribution is 7.26. The minimum Gasteiger partial charge on any atom is -0.310 e. The summed E-state index contributed by atoms with van der Waals surface area (Å²) in [5, 5.41) is 5.17. The highest BCUT2D eigenvalue weighted by atomic mass is 32.1. The molecule has 0 bridgehead atoms. The molecule has 0 radical (unpaired) electrons. The molecule has 0 aliphatic heterocycles. The molecule has 0 aliphatic carbocycles. The second-order valence-electron chi connectivity index (χ2n) is 12.8. The Bertz CT molecular complexity index is 2550. The Morgan fingerprint density at radius 3 is 1.37 bits per heavy atom. The van der Waals surface area contributed by atoms with Crippen LogP contribution in [0, 0.1) is 13.8 Å². The quantitative estimate of drug-likeness (QED) is 0.166. The second kappa shape index (κ2) is 11.7. The van der Waals surface area contributed by atoms with Crippen molar-refractivity contribution >= 4 is 80.1 Å². The van der Waals surface area contributed by atoms with Gasteiger partial charge in [-0.3, -0.25) is 0 Å². The van der Waals surface area contributed by atoms with Gasteiger partial charge < -0.3 is 4.90 Å². The van der Waals surface area contributed by atoms with Gasteiger partial charge in [-0.2, -0.15) is 0 Å². The van der Waals surface area contributed by atoms with Crippen LogP contribution in [0.1, 0.15) is 11.1 Å². The molecule has 0 saturated carbocycles. The van der Waals surface area contributed by atoms with Crippen molar-refractivity contribution in [3.05, 3.63) is 151 Å². The average molecular weight is 670 g/mol. The van der Waals surface area contributed by atoms with E-state index in [1.54, 1.807) is 0 Å². The number of hydrogen-bond donors (Lipinski definition) is 0. The van der Waals surface area contributed by atoms with E-state index in [9.17, 15) is 0 Å². The van der Waals surface area contributed by atoms with Crippen LogP contribution in [0.15, 0.2) is 140 Å². The molecule has 0 atom stereocenters. The van der Waals surface area contributed by atoms with E-state index in [1.807, 2.05) is 22.7 Å². The fraction of sp³-hybridized carbons (Fsp3) is 0.0909. The van der Waals surface area contributed by atoms with Gasteiger partial charge in [-0.25, -0.2) is 9.13 Å². The van der Waals surface area contributed by atoms with Gasteiger partial charge in [0.05, 0.1) is 22.5 Å². The molecule has 0 N–H and O–H groups in total. The number of pyridine rings is 2. The number of nitrogens with zero attached hydrogens (tertiary/aromatic N) is 3. The van der Waals surface area contributed by atoms with E-state index in [0.717, 1.165) is 5.69 Å². The topological polar surface area (TPSA) is 11.0 Å². The fourth-order valence-electron chi connectivity index (χ4n) is 7.51. The summed E-state index contributed by atoms with van der Waals surface area (Å²) < 4.78 is 9.77. The highest BCUT2D eigenvalue weighted by Gasteiger charge is 2.29. The Kier molecular flexibility index (Phi) is 7.08. The molecule has 0 unspecified atom stereocenters. The number of fused-ring (bicyclic) bond motifs is 6. The van der Waals surface area contributed by atoms with E-state index < -0.39 is 0 Å². The van der Waals surface area contributed by atoms with E-state index in [1.165, 1.54) is 85.4 Å². The van der Waals surface area contributed by atoms with Crippen molar-refractivity contribution in [1.29, 1.82) is 0 Å². The summed E-state index contributed by atoms with van der Waals surface area (Å²) in [5.74, 6) is 0. The predicted octanol–water partition coefficient (Wildman–Crippen LogP) is 11.5. The second-order valence-corrected chi connectivity index (χ2v) is 14.9. The summed E-state index contributed by atoms with van der Waals surface area (Å²) in [4.78, 5) is 2.52. The van der Waals surface area contributed by atoms with Crippen molar-refractivity contribution in [1.82, 2.24) is 0 Å². The maximum atomic E-state index is 2.52. The molecule has 236 valence electrons. The predicted molar refractivity (Wildman–Crippen MR) is 210 cm³/mol. The van der Waals surface area contributed by atoms with Gasteiger partial charge in [-0.15, -0.1) is 22.7 Å². The first-order valence-electron chi connectivity index (χ1n) is 16.6. The zero-order valence-corrected chi connectivity index (χ0v) is 29.6. The van der Waals surface area contributed by atoms with E-state index in [-0.39, 0.29) is 0 Å². The van der Waals surface area contributed by atoms with Gasteiger partial charge in [0.25, 0.3) is 0 Å². The van der Waals surface area contributed by atoms with E-state index in [4.69, 9.17) is 0 Å². The summed E-state index contributed by atoms with van der Waals surface area (Å²) in [7, 11) is 4.31. The van der Waals surface area contributed by atoms with Crippen LogP contribution in [0.25, 0.3) is 62.9 Å². The molecule has 9 rings (SSSR count). The van der Waals surface area contributed by atoms with Crippen LogP contribution in [0.3, 0.4) is 0 Å². The molecule has 0 saturated heterocycles.